The van der Waals surface area contributed by atoms with E-state index in [0.29, 0.717) is 10.9 Å². The van der Waals surface area contributed by atoms with Gasteiger partial charge in [-0.1, -0.05) is 13.8 Å². The fourth-order valence-electron chi connectivity index (χ4n) is 0.886. The lowest BCUT2D eigenvalue weighted by atomic mass is 10.4. The monoisotopic (exact) mass is 231 g/mol. The van der Waals surface area contributed by atoms with Crippen LogP contribution < -0.4 is 5.73 Å². The first-order valence-electron chi connectivity index (χ1n) is 4.50. The molecule has 0 aliphatic heterocycles. The number of rotatable bonds is 3. The summed E-state index contributed by atoms with van der Waals surface area (Å²) in [5.41, 5.74) is 7.23. The number of nitrogen functional groups attached to an aromatic ring is 1. The van der Waals surface area contributed by atoms with Crippen molar-refractivity contribution in [2.75, 3.05) is 5.73 Å². The Morgan fingerprint density at radius 3 is 2.71 bits per heavy atom. The Bertz CT molecular complexity index is 330. The van der Waals surface area contributed by atoms with E-state index in [4.69, 9.17) is 17.3 Å². The number of halogens is 1. The van der Waals surface area contributed by atoms with Crippen LogP contribution in [0.25, 0.3) is 0 Å². The van der Waals surface area contributed by atoms with Gasteiger partial charge in [-0.3, -0.25) is 0 Å². The Kier molecular flexibility index (Phi) is 4.01. The van der Waals surface area contributed by atoms with Crippen molar-refractivity contribution < 1.29 is 0 Å². The second kappa shape index (κ2) is 4.84. The molecule has 0 radical (unpaired) electrons. The zero-order valence-electron chi connectivity index (χ0n) is 8.54. The summed E-state index contributed by atoms with van der Waals surface area (Å²) in [4.78, 5) is 8.10. The molecule has 0 aliphatic carbocycles. The molecule has 0 saturated heterocycles. The standard InChI is InChI=1S/C9H14ClN3S/c1-4-5(2)14-8-7(11)6(3)12-9(10)13-8/h5H,4,11H2,1-3H3. The topological polar surface area (TPSA) is 51.8 Å². The number of thioether (sulfide) groups is 1. The number of aromatic nitrogens is 2. The van der Waals surface area contributed by atoms with Gasteiger partial charge >= 0.3 is 0 Å². The lowest BCUT2D eigenvalue weighted by Crippen LogP contribution is -2.02. The molecule has 0 saturated carbocycles. The molecule has 0 amide bonds. The van der Waals surface area contributed by atoms with Crippen molar-refractivity contribution in [2.45, 2.75) is 37.5 Å². The Labute approximate surface area is 93.5 Å². The van der Waals surface area contributed by atoms with Gasteiger partial charge in [0.25, 0.3) is 0 Å². The molecule has 1 atom stereocenters. The summed E-state index contributed by atoms with van der Waals surface area (Å²) in [6.45, 7) is 6.10. The first kappa shape index (κ1) is 11.6. The summed E-state index contributed by atoms with van der Waals surface area (Å²) in [5.74, 6) is 0. The van der Waals surface area contributed by atoms with Gasteiger partial charge in [-0.05, 0) is 24.9 Å². The Morgan fingerprint density at radius 2 is 2.14 bits per heavy atom. The van der Waals surface area contributed by atoms with Gasteiger partial charge in [0.05, 0.1) is 11.4 Å². The van der Waals surface area contributed by atoms with Gasteiger partial charge in [0, 0.05) is 5.25 Å². The minimum absolute atomic E-state index is 0.266. The molecule has 2 N–H and O–H groups in total. The van der Waals surface area contributed by atoms with E-state index < -0.39 is 0 Å². The van der Waals surface area contributed by atoms with Crippen LogP contribution in [0, 0.1) is 6.92 Å². The van der Waals surface area contributed by atoms with Crippen LogP contribution in [0.5, 0.6) is 0 Å². The molecule has 0 spiro atoms. The van der Waals surface area contributed by atoms with Crippen LogP contribution in [-0.2, 0) is 0 Å². The smallest absolute Gasteiger partial charge is 0.223 e. The van der Waals surface area contributed by atoms with Gasteiger partial charge in [-0.15, -0.1) is 11.8 Å². The quantitative estimate of drug-likeness (QED) is 0.494. The van der Waals surface area contributed by atoms with E-state index in [1.807, 2.05) is 6.92 Å². The molecule has 14 heavy (non-hydrogen) atoms. The molecule has 1 aromatic heterocycles. The van der Waals surface area contributed by atoms with Gasteiger partial charge in [-0.2, -0.15) is 0 Å². The molecule has 5 heteroatoms. The van der Waals surface area contributed by atoms with Gasteiger partial charge in [0.15, 0.2) is 0 Å². The number of aryl methyl sites for hydroxylation is 1. The van der Waals surface area contributed by atoms with Crippen molar-refractivity contribution in [3.05, 3.63) is 11.0 Å². The van der Waals surface area contributed by atoms with Crippen LogP contribution in [0.1, 0.15) is 26.0 Å². The third kappa shape index (κ3) is 2.75. The van der Waals surface area contributed by atoms with E-state index in [2.05, 4.69) is 23.8 Å². The van der Waals surface area contributed by atoms with Gasteiger partial charge in [0.2, 0.25) is 5.28 Å². The van der Waals surface area contributed by atoms with E-state index in [0.717, 1.165) is 17.1 Å². The van der Waals surface area contributed by atoms with Crippen LogP contribution in [0.3, 0.4) is 0 Å². The Hall–Kier alpha value is -0.480. The predicted octanol–water partition coefficient (Wildman–Crippen LogP) is 2.91. The van der Waals surface area contributed by atoms with E-state index in [1.54, 1.807) is 11.8 Å². The Balaban J connectivity index is 2.96. The molecular weight excluding hydrogens is 218 g/mol. The van der Waals surface area contributed by atoms with Crippen molar-refractivity contribution in [2.24, 2.45) is 0 Å². The predicted molar refractivity (Wildman–Crippen MR) is 61.8 cm³/mol. The van der Waals surface area contributed by atoms with E-state index in [9.17, 15) is 0 Å². The number of nitrogens with zero attached hydrogens (tertiary/aromatic N) is 2. The van der Waals surface area contributed by atoms with Crippen LogP contribution >= 0.6 is 23.4 Å². The largest absolute Gasteiger partial charge is 0.395 e. The fraction of sp³-hybridized carbons (Fsp3) is 0.556. The molecule has 0 fully saturated rings. The van der Waals surface area contributed by atoms with Gasteiger partial charge in [-0.25, -0.2) is 9.97 Å². The zero-order valence-corrected chi connectivity index (χ0v) is 10.1. The van der Waals surface area contributed by atoms with Crippen molar-refractivity contribution in [1.82, 2.24) is 9.97 Å². The zero-order chi connectivity index (χ0) is 10.7. The van der Waals surface area contributed by atoms with Crippen LogP contribution in [0.4, 0.5) is 5.69 Å². The van der Waals surface area contributed by atoms with Gasteiger partial charge in [0.1, 0.15) is 5.03 Å². The molecule has 1 unspecified atom stereocenters. The maximum absolute atomic E-state index is 5.85. The first-order valence-corrected chi connectivity index (χ1v) is 5.76. The van der Waals surface area contributed by atoms with Crippen molar-refractivity contribution in [1.29, 1.82) is 0 Å². The molecule has 0 aromatic carbocycles. The SMILES string of the molecule is CCC(C)Sc1nc(Cl)nc(C)c1N. The Morgan fingerprint density at radius 1 is 1.50 bits per heavy atom. The molecular formula is C9H14ClN3S. The van der Waals surface area contributed by atoms with Crippen molar-refractivity contribution in [3.63, 3.8) is 0 Å². The number of hydrogen-bond donors (Lipinski definition) is 1. The lowest BCUT2D eigenvalue weighted by Gasteiger charge is -2.10. The van der Waals surface area contributed by atoms with Crippen molar-refractivity contribution in [3.8, 4) is 0 Å². The third-order valence-electron chi connectivity index (χ3n) is 1.96. The fourth-order valence-corrected chi connectivity index (χ4v) is 2.11. The highest BCUT2D eigenvalue weighted by molar-refractivity contribution is 8.00. The molecule has 1 rings (SSSR count). The minimum atomic E-state index is 0.266. The van der Waals surface area contributed by atoms with E-state index in [-0.39, 0.29) is 5.28 Å². The summed E-state index contributed by atoms with van der Waals surface area (Å²) in [7, 11) is 0. The lowest BCUT2D eigenvalue weighted by molar-refractivity contribution is 0.898. The summed E-state index contributed by atoms with van der Waals surface area (Å²) < 4.78 is 0. The van der Waals surface area contributed by atoms with Gasteiger partial charge < -0.3 is 5.73 Å². The molecule has 1 aromatic rings. The molecule has 3 nitrogen and oxygen atoms in total. The third-order valence-corrected chi connectivity index (χ3v) is 3.40. The van der Waals surface area contributed by atoms with Crippen LogP contribution in [0.2, 0.25) is 5.28 Å². The summed E-state index contributed by atoms with van der Waals surface area (Å²) in [6, 6.07) is 0. The molecule has 0 aliphatic rings. The first-order chi connectivity index (χ1) is 6.54. The van der Waals surface area contributed by atoms with Crippen LogP contribution in [-0.4, -0.2) is 15.2 Å². The molecule has 0 bridgehead atoms. The highest BCUT2D eigenvalue weighted by Crippen LogP contribution is 2.30. The highest BCUT2D eigenvalue weighted by Gasteiger charge is 2.11. The second-order valence-corrected chi connectivity index (χ2v) is 4.90. The maximum Gasteiger partial charge on any atom is 0.223 e. The van der Waals surface area contributed by atoms with E-state index in [1.165, 1.54) is 0 Å². The normalized spacial score (nSPS) is 12.9. The average Bonchev–Trinajstić information content (AvgIpc) is 2.13. The summed E-state index contributed by atoms with van der Waals surface area (Å²) in [6.07, 6.45) is 1.07. The summed E-state index contributed by atoms with van der Waals surface area (Å²) >= 11 is 7.40. The summed E-state index contributed by atoms with van der Waals surface area (Å²) in [5, 5.41) is 1.54. The maximum atomic E-state index is 5.85. The van der Waals surface area contributed by atoms with E-state index >= 15 is 0 Å². The van der Waals surface area contributed by atoms with Crippen molar-refractivity contribution >= 4 is 29.1 Å². The number of hydrogen-bond acceptors (Lipinski definition) is 4. The second-order valence-electron chi connectivity index (χ2n) is 3.13. The highest BCUT2D eigenvalue weighted by atomic mass is 35.5. The number of anilines is 1. The van der Waals surface area contributed by atoms with Crippen LogP contribution in [0.15, 0.2) is 5.03 Å². The number of nitrogens with two attached hydrogens (primary N) is 1. The average molecular weight is 232 g/mol. The molecule has 1 heterocycles. The minimum Gasteiger partial charge on any atom is -0.395 e. The molecule has 78 valence electrons.